The summed E-state index contributed by atoms with van der Waals surface area (Å²) in [6.07, 6.45) is -0.403. The van der Waals surface area contributed by atoms with Crippen LogP contribution in [0.5, 0.6) is 0 Å². The number of aliphatic imine (C=N–C) groups is 2. The minimum absolute atomic E-state index is 0.132. The van der Waals surface area contributed by atoms with Crippen LogP contribution in [0.1, 0.15) is 57.7 Å². The van der Waals surface area contributed by atoms with Crippen LogP contribution < -0.4 is 0 Å². The number of hydrogen-bond donors (Lipinski definition) is 0. The number of rotatable bonds is 6. The van der Waals surface area contributed by atoms with Crippen molar-refractivity contribution >= 4 is 11.8 Å². The van der Waals surface area contributed by atoms with E-state index in [4.69, 9.17) is 19.5 Å². The van der Waals surface area contributed by atoms with Gasteiger partial charge in [-0.1, -0.05) is 127 Å². The van der Waals surface area contributed by atoms with Crippen LogP contribution in [0.25, 0.3) is 0 Å². The first-order valence-corrected chi connectivity index (χ1v) is 13.6. The molecule has 0 fully saturated rings. The molecule has 0 unspecified atom stereocenters. The Morgan fingerprint density at radius 1 is 0.375 bits per heavy atom. The van der Waals surface area contributed by atoms with Gasteiger partial charge in [-0.05, 0) is 40.5 Å². The Balaban J connectivity index is 1.23. The molecule has 0 aromatic heterocycles. The lowest BCUT2D eigenvalue weighted by Crippen LogP contribution is -2.11. The molecule has 0 amide bonds. The third-order valence-electron chi connectivity index (χ3n) is 7.46. The maximum atomic E-state index is 6.57. The van der Waals surface area contributed by atoms with Crippen molar-refractivity contribution in [2.45, 2.75) is 24.3 Å². The lowest BCUT2D eigenvalue weighted by molar-refractivity contribution is 0.196. The van der Waals surface area contributed by atoms with Gasteiger partial charge >= 0.3 is 0 Å². The van der Waals surface area contributed by atoms with Crippen molar-refractivity contribution in [3.63, 3.8) is 0 Å². The highest BCUT2D eigenvalue weighted by Crippen LogP contribution is 2.43. The smallest absolute Gasteiger partial charge is 0.217 e. The van der Waals surface area contributed by atoms with Crippen LogP contribution in [0.3, 0.4) is 0 Å². The van der Waals surface area contributed by atoms with Gasteiger partial charge in [-0.3, -0.25) is 0 Å². The average Bonchev–Trinajstić information content (AvgIpc) is 3.69. The second-order valence-electron chi connectivity index (χ2n) is 10.1. The molecule has 0 N–H and O–H groups in total. The van der Waals surface area contributed by atoms with Gasteiger partial charge in [-0.15, -0.1) is 0 Å². The number of ether oxygens (including phenoxy) is 2. The second-order valence-corrected chi connectivity index (χ2v) is 10.1. The van der Waals surface area contributed by atoms with Gasteiger partial charge in [-0.2, -0.15) is 0 Å². The largest absolute Gasteiger partial charge is 0.467 e. The van der Waals surface area contributed by atoms with E-state index in [1.807, 2.05) is 91.0 Å². The summed E-state index contributed by atoms with van der Waals surface area (Å²) in [6, 6.07) is 49.2. The standard InChI is InChI=1S/C36H28N2O2/c1-5-14-25(15-6-1)31-33(27-18-9-3-10-19-27)39-35(37-31)29-22-13-23-30(24-29)36-38-32(26-16-7-2-8-17-26)34(40-36)28-20-11-4-12-21-28/h1-24,31-34H/t31-,32-,33-,34-/m0/s1. The van der Waals surface area contributed by atoms with Gasteiger partial charge in [0.2, 0.25) is 11.8 Å². The molecule has 7 rings (SSSR count). The predicted octanol–water partition coefficient (Wildman–Crippen LogP) is 8.21. The summed E-state index contributed by atoms with van der Waals surface area (Å²) < 4.78 is 13.1. The molecule has 194 valence electrons. The summed E-state index contributed by atoms with van der Waals surface area (Å²) >= 11 is 0. The van der Waals surface area contributed by atoms with E-state index in [0.717, 1.165) is 33.4 Å². The van der Waals surface area contributed by atoms with Gasteiger partial charge in [0.05, 0.1) is 0 Å². The summed E-state index contributed by atoms with van der Waals surface area (Å²) in [7, 11) is 0. The molecule has 0 bridgehead atoms. The van der Waals surface area contributed by atoms with Crippen molar-refractivity contribution in [2.24, 2.45) is 9.98 Å². The molecule has 4 atom stereocenters. The molecule has 4 nitrogen and oxygen atoms in total. The van der Waals surface area contributed by atoms with Crippen molar-refractivity contribution in [3.05, 3.63) is 179 Å². The van der Waals surface area contributed by atoms with Gasteiger partial charge < -0.3 is 9.47 Å². The van der Waals surface area contributed by atoms with E-state index in [9.17, 15) is 0 Å². The Kier molecular flexibility index (Phi) is 6.42. The molecule has 2 heterocycles. The lowest BCUT2D eigenvalue weighted by atomic mass is 9.97. The maximum Gasteiger partial charge on any atom is 0.217 e. The van der Waals surface area contributed by atoms with Crippen LogP contribution in [0.2, 0.25) is 0 Å². The van der Waals surface area contributed by atoms with Crippen molar-refractivity contribution < 1.29 is 9.47 Å². The molecule has 0 aliphatic carbocycles. The van der Waals surface area contributed by atoms with Crippen molar-refractivity contribution in [3.8, 4) is 0 Å². The van der Waals surface area contributed by atoms with Gasteiger partial charge in [0.25, 0.3) is 0 Å². The highest BCUT2D eigenvalue weighted by molar-refractivity contribution is 6.01. The molecule has 0 saturated carbocycles. The monoisotopic (exact) mass is 520 g/mol. The fraction of sp³-hybridized carbons (Fsp3) is 0.111. The quantitative estimate of drug-likeness (QED) is 0.226. The van der Waals surface area contributed by atoms with Crippen LogP contribution >= 0.6 is 0 Å². The molecule has 40 heavy (non-hydrogen) atoms. The number of nitrogens with zero attached hydrogens (tertiary/aromatic N) is 2. The van der Waals surface area contributed by atoms with Crippen molar-refractivity contribution in [2.75, 3.05) is 0 Å². The average molecular weight is 521 g/mol. The normalized spacial score (nSPS) is 21.7. The Bertz CT molecular complexity index is 1530. The molecule has 2 aliphatic rings. The van der Waals surface area contributed by atoms with E-state index < -0.39 is 0 Å². The summed E-state index contributed by atoms with van der Waals surface area (Å²) in [5.74, 6) is 1.25. The van der Waals surface area contributed by atoms with Gasteiger partial charge in [0, 0.05) is 11.1 Å². The van der Waals surface area contributed by atoms with E-state index in [1.165, 1.54) is 0 Å². The summed E-state index contributed by atoms with van der Waals surface area (Å²) in [4.78, 5) is 10.2. The zero-order chi connectivity index (χ0) is 26.7. The Hall–Kier alpha value is -4.96. The lowest BCUT2D eigenvalue weighted by Gasteiger charge is -2.19. The molecule has 0 spiro atoms. The zero-order valence-electron chi connectivity index (χ0n) is 21.9. The Morgan fingerprint density at radius 3 is 1.10 bits per heavy atom. The van der Waals surface area contributed by atoms with Gasteiger partial charge in [0.15, 0.2) is 12.2 Å². The first kappa shape index (κ1) is 24.1. The van der Waals surface area contributed by atoms with Crippen molar-refractivity contribution in [1.82, 2.24) is 0 Å². The highest BCUT2D eigenvalue weighted by atomic mass is 16.5. The summed E-state index contributed by atoms with van der Waals surface area (Å²) in [5, 5.41) is 0. The minimum atomic E-state index is -0.202. The van der Waals surface area contributed by atoms with Gasteiger partial charge in [-0.25, -0.2) is 9.98 Å². The molecule has 4 heteroatoms. The first-order valence-electron chi connectivity index (χ1n) is 13.6. The number of hydrogen-bond acceptors (Lipinski definition) is 4. The van der Waals surface area contributed by atoms with Crippen LogP contribution in [-0.2, 0) is 9.47 Å². The zero-order valence-corrected chi connectivity index (χ0v) is 21.9. The van der Waals surface area contributed by atoms with E-state index in [2.05, 4.69) is 54.6 Å². The highest BCUT2D eigenvalue weighted by Gasteiger charge is 2.36. The molecule has 0 radical (unpaired) electrons. The topological polar surface area (TPSA) is 43.2 Å². The predicted molar refractivity (Wildman–Crippen MR) is 158 cm³/mol. The fourth-order valence-corrected chi connectivity index (χ4v) is 5.47. The fourth-order valence-electron chi connectivity index (χ4n) is 5.47. The summed E-state index contributed by atoms with van der Waals surface area (Å²) in [6.45, 7) is 0. The molecule has 5 aromatic rings. The molecule has 5 aromatic carbocycles. The van der Waals surface area contributed by atoms with Crippen LogP contribution in [0.4, 0.5) is 0 Å². The maximum absolute atomic E-state index is 6.57. The van der Waals surface area contributed by atoms with Crippen LogP contribution in [0.15, 0.2) is 156 Å². The molecule has 0 saturated heterocycles. The third kappa shape index (κ3) is 4.69. The van der Waals surface area contributed by atoms with Crippen LogP contribution in [0, 0.1) is 0 Å². The molecular weight excluding hydrogens is 492 g/mol. The second kappa shape index (κ2) is 10.7. The minimum Gasteiger partial charge on any atom is -0.467 e. The Morgan fingerprint density at radius 2 is 0.725 bits per heavy atom. The SMILES string of the molecule is c1ccc([C@@H]2N=C(c3cccc(C4=N[C@@H](c5ccccc5)[C@H](c5ccccc5)O4)c3)O[C@H]2c2ccccc2)cc1. The van der Waals surface area contributed by atoms with E-state index >= 15 is 0 Å². The van der Waals surface area contributed by atoms with E-state index in [1.54, 1.807) is 0 Å². The summed E-state index contributed by atoms with van der Waals surface area (Å²) in [5.41, 5.74) is 6.27. The third-order valence-corrected chi connectivity index (χ3v) is 7.46. The number of benzene rings is 5. The van der Waals surface area contributed by atoms with E-state index in [0.29, 0.717) is 11.8 Å². The molecular formula is C36H28N2O2. The van der Waals surface area contributed by atoms with Gasteiger partial charge in [0.1, 0.15) is 12.1 Å². The van der Waals surface area contributed by atoms with Crippen LogP contribution in [-0.4, -0.2) is 11.8 Å². The van der Waals surface area contributed by atoms with Crippen molar-refractivity contribution in [1.29, 1.82) is 0 Å². The van der Waals surface area contributed by atoms with E-state index in [-0.39, 0.29) is 24.3 Å². The Labute approximate surface area is 234 Å². The first-order chi connectivity index (χ1) is 19.8. The molecule has 2 aliphatic heterocycles.